The van der Waals surface area contributed by atoms with Crippen molar-refractivity contribution in [1.29, 1.82) is 0 Å². The number of sulfone groups is 1. The third-order valence-electron chi connectivity index (χ3n) is 4.26. The summed E-state index contributed by atoms with van der Waals surface area (Å²) in [4.78, 5) is 24.6. The highest BCUT2D eigenvalue weighted by atomic mass is 32.2. The third-order valence-corrected chi connectivity index (χ3v) is 6.34. The van der Waals surface area contributed by atoms with Crippen molar-refractivity contribution >= 4 is 33.0 Å². The Balaban J connectivity index is 2.08. The van der Waals surface area contributed by atoms with Crippen molar-refractivity contribution in [2.75, 3.05) is 23.5 Å². The number of carbonyl (C=O) groups excluding carboxylic acids is 2. The minimum absolute atomic E-state index is 0.164. The van der Waals surface area contributed by atoms with Crippen molar-refractivity contribution in [1.82, 2.24) is 0 Å². The lowest BCUT2D eigenvalue weighted by molar-refractivity contribution is -0.137. The van der Waals surface area contributed by atoms with Crippen LogP contribution in [0.3, 0.4) is 0 Å². The number of amides is 2. The monoisotopic (exact) mass is 458 g/mol. The van der Waals surface area contributed by atoms with Crippen LogP contribution < -0.4 is 15.4 Å². The maximum absolute atomic E-state index is 12.8. The van der Waals surface area contributed by atoms with Crippen LogP contribution in [-0.4, -0.2) is 38.3 Å². The fraction of sp³-hybridized carbons (Fsp3) is 0.300. The first kappa shape index (κ1) is 24.2. The van der Waals surface area contributed by atoms with Gasteiger partial charge in [0.25, 0.3) is 0 Å². The molecule has 11 heteroatoms. The molecular weight excluding hydrogens is 437 g/mol. The second kappa shape index (κ2) is 9.82. The van der Waals surface area contributed by atoms with Crippen molar-refractivity contribution in [2.24, 2.45) is 0 Å². The summed E-state index contributed by atoms with van der Waals surface area (Å²) in [5.41, 5.74) is -0.848. The molecule has 0 heterocycles. The van der Waals surface area contributed by atoms with Crippen LogP contribution in [-0.2, 0) is 25.6 Å². The fourth-order valence-corrected chi connectivity index (χ4v) is 4.28. The van der Waals surface area contributed by atoms with Crippen LogP contribution in [0.2, 0.25) is 0 Å². The van der Waals surface area contributed by atoms with Crippen LogP contribution in [0.4, 0.5) is 24.5 Å². The van der Waals surface area contributed by atoms with Gasteiger partial charge in [0.15, 0.2) is 9.84 Å². The van der Waals surface area contributed by atoms with E-state index in [2.05, 4.69) is 10.6 Å². The fourth-order valence-electron chi connectivity index (χ4n) is 2.75. The van der Waals surface area contributed by atoms with Gasteiger partial charge in [0.1, 0.15) is 16.8 Å². The lowest BCUT2D eigenvalue weighted by atomic mass is 10.2. The van der Waals surface area contributed by atoms with Gasteiger partial charge in [-0.15, -0.1) is 0 Å². The summed E-state index contributed by atoms with van der Waals surface area (Å²) in [5, 5.41) is 2.99. The molecular formula is C20H21F3N2O5S. The van der Waals surface area contributed by atoms with Gasteiger partial charge >= 0.3 is 6.18 Å². The Labute approximate surface area is 177 Å². The molecule has 0 fully saturated rings. The number of nitrogens with one attached hydrogen (secondary N) is 2. The Bertz CT molecular complexity index is 1040. The molecule has 31 heavy (non-hydrogen) atoms. The second-order valence-corrected chi connectivity index (χ2v) is 8.73. The van der Waals surface area contributed by atoms with Crippen molar-refractivity contribution < 1.29 is 35.9 Å². The molecule has 1 unspecified atom stereocenters. The minimum Gasteiger partial charge on any atom is -0.497 e. The Morgan fingerprint density at radius 3 is 2.23 bits per heavy atom. The standard InChI is InChI=1S/C20H21F3N2O5S/c1-3-17(19(27)25-15-6-4-5-13(11-15)20(21,22)23)31(28,29)12-18(26)24-14-7-9-16(30-2)10-8-14/h4-11,17H,3,12H2,1-2H3,(H,24,26)(H,25,27). The van der Waals surface area contributed by atoms with Gasteiger partial charge in [-0.25, -0.2) is 8.42 Å². The number of methoxy groups -OCH3 is 1. The van der Waals surface area contributed by atoms with Crippen molar-refractivity contribution in [3.05, 3.63) is 54.1 Å². The first-order valence-electron chi connectivity index (χ1n) is 9.10. The molecule has 0 saturated heterocycles. The predicted octanol–water partition coefficient (Wildman–Crippen LogP) is 3.48. The van der Waals surface area contributed by atoms with Crippen LogP contribution in [0.5, 0.6) is 5.75 Å². The summed E-state index contributed by atoms with van der Waals surface area (Å²) < 4.78 is 68.7. The lowest BCUT2D eigenvalue weighted by Gasteiger charge is -2.16. The maximum atomic E-state index is 12.8. The first-order valence-corrected chi connectivity index (χ1v) is 10.8. The number of benzene rings is 2. The van der Waals surface area contributed by atoms with Crippen molar-refractivity contribution in [3.8, 4) is 5.75 Å². The molecule has 168 valence electrons. The average Bonchev–Trinajstić information content (AvgIpc) is 2.67. The van der Waals surface area contributed by atoms with Crippen molar-refractivity contribution in [3.63, 3.8) is 0 Å². The smallest absolute Gasteiger partial charge is 0.416 e. The van der Waals surface area contributed by atoms with E-state index < -0.39 is 44.4 Å². The summed E-state index contributed by atoms with van der Waals surface area (Å²) >= 11 is 0. The van der Waals surface area contributed by atoms with Gasteiger partial charge in [-0.1, -0.05) is 13.0 Å². The molecule has 0 radical (unpaired) electrons. The van der Waals surface area contributed by atoms with E-state index in [1.165, 1.54) is 32.2 Å². The molecule has 0 bridgehead atoms. The van der Waals surface area contributed by atoms with E-state index in [0.29, 0.717) is 17.5 Å². The summed E-state index contributed by atoms with van der Waals surface area (Å²) in [7, 11) is -2.77. The SMILES string of the molecule is CCC(C(=O)Nc1cccc(C(F)(F)F)c1)S(=O)(=O)CC(=O)Nc1ccc(OC)cc1. The van der Waals surface area contributed by atoms with Gasteiger partial charge in [0, 0.05) is 11.4 Å². The first-order chi connectivity index (χ1) is 14.5. The van der Waals surface area contributed by atoms with Crippen LogP contribution in [0.15, 0.2) is 48.5 Å². The van der Waals surface area contributed by atoms with Gasteiger partial charge in [-0.2, -0.15) is 13.2 Å². The van der Waals surface area contributed by atoms with E-state index in [9.17, 15) is 31.2 Å². The van der Waals surface area contributed by atoms with E-state index in [-0.39, 0.29) is 12.1 Å². The Kier molecular flexibility index (Phi) is 7.66. The second-order valence-electron chi connectivity index (χ2n) is 6.55. The zero-order valence-electron chi connectivity index (χ0n) is 16.7. The third kappa shape index (κ3) is 6.71. The molecule has 2 N–H and O–H groups in total. The molecule has 2 aromatic carbocycles. The zero-order chi connectivity index (χ0) is 23.2. The van der Waals surface area contributed by atoms with Gasteiger partial charge < -0.3 is 15.4 Å². The number of anilines is 2. The summed E-state index contributed by atoms with van der Waals surface area (Å²) in [5.74, 6) is -2.29. The molecule has 2 aromatic rings. The van der Waals surface area contributed by atoms with E-state index >= 15 is 0 Å². The number of hydrogen-bond donors (Lipinski definition) is 2. The van der Waals surface area contributed by atoms with E-state index in [1.807, 2.05) is 0 Å². The molecule has 1 atom stereocenters. The van der Waals surface area contributed by atoms with Gasteiger partial charge in [0.05, 0.1) is 12.7 Å². The number of rotatable bonds is 8. The van der Waals surface area contributed by atoms with Crippen LogP contribution in [0.25, 0.3) is 0 Å². The Morgan fingerprint density at radius 2 is 1.68 bits per heavy atom. The molecule has 2 amide bonds. The zero-order valence-corrected chi connectivity index (χ0v) is 17.5. The molecule has 7 nitrogen and oxygen atoms in total. The highest BCUT2D eigenvalue weighted by molar-refractivity contribution is 7.93. The molecule has 2 rings (SSSR count). The number of ether oxygens (including phenoxy) is 1. The molecule has 0 aromatic heterocycles. The van der Waals surface area contributed by atoms with Gasteiger partial charge in [-0.3, -0.25) is 9.59 Å². The van der Waals surface area contributed by atoms with Crippen molar-refractivity contribution in [2.45, 2.75) is 24.8 Å². The number of alkyl halides is 3. The van der Waals surface area contributed by atoms with Gasteiger partial charge in [0.2, 0.25) is 11.8 Å². The summed E-state index contributed by atoms with van der Waals surface area (Å²) in [6.07, 6.45) is -4.78. The number of carbonyl (C=O) groups is 2. The van der Waals surface area contributed by atoms with E-state index in [1.54, 1.807) is 12.1 Å². The highest BCUT2D eigenvalue weighted by Crippen LogP contribution is 2.30. The molecule has 0 spiro atoms. The van der Waals surface area contributed by atoms with Crippen LogP contribution in [0.1, 0.15) is 18.9 Å². The molecule has 0 aliphatic carbocycles. The molecule has 0 aliphatic heterocycles. The van der Waals surface area contributed by atoms with E-state index in [0.717, 1.165) is 12.1 Å². The Hall–Kier alpha value is -3.08. The lowest BCUT2D eigenvalue weighted by Crippen LogP contribution is -2.39. The van der Waals surface area contributed by atoms with Crippen LogP contribution in [0, 0.1) is 0 Å². The highest BCUT2D eigenvalue weighted by Gasteiger charge is 2.34. The predicted molar refractivity (Wildman–Crippen MR) is 110 cm³/mol. The Morgan fingerprint density at radius 1 is 1.03 bits per heavy atom. The van der Waals surface area contributed by atoms with Gasteiger partial charge in [-0.05, 0) is 48.9 Å². The minimum atomic E-state index is -4.61. The molecule has 0 aliphatic rings. The summed E-state index contributed by atoms with van der Waals surface area (Å²) in [6, 6.07) is 10.0. The topological polar surface area (TPSA) is 102 Å². The summed E-state index contributed by atoms with van der Waals surface area (Å²) in [6.45, 7) is 1.43. The quantitative estimate of drug-likeness (QED) is 0.631. The number of halogens is 3. The average molecular weight is 458 g/mol. The normalized spacial score (nSPS) is 12.7. The number of hydrogen-bond acceptors (Lipinski definition) is 5. The van der Waals surface area contributed by atoms with Crippen LogP contribution >= 0.6 is 0 Å². The largest absolute Gasteiger partial charge is 0.497 e. The molecule has 0 saturated carbocycles. The maximum Gasteiger partial charge on any atom is 0.416 e. The van der Waals surface area contributed by atoms with E-state index in [4.69, 9.17) is 4.74 Å².